The Balaban J connectivity index is 2.50. The predicted octanol–water partition coefficient (Wildman–Crippen LogP) is 2.02. The van der Waals surface area contributed by atoms with E-state index in [-0.39, 0.29) is 11.4 Å². The maximum Gasteiger partial charge on any atom is 0.282 e. The zero-order chi connectivity index (χ0) is 14.0. The smallest absolute Gasteiger partial charge is 0.282 e. The highest BCUT2D eigenvalue weighted by Gasteiger charge is 2.36. The van der Waals surface area contributed by atoms with E-state index >= 15 is 0 Å². The van der Waals surface area contributed by atoms with Crippen LogP contribution in [0.1, 0.15) is 24.8 Å². The van der Waals surface area contributed by atoms with E-state index in [2.05, 4.69) is 10.2 Å². The topological polar surface area (TPSA) is 95.5 Å². The Morgan fingerprint density at radius 1 is 1.21 bits per heavy atom. The Bertz CT molecular complexity index is 528. The van der Waals surface area contributed by atoms with Gasteiger partial charge in [0.15, 0.2) is 0 Å². The fraction of sp³-hybridized carbons (Fsp3) is 0.455. The van der Waals surface area contributed by atoms with Crippen LogP contribution in [0.15, 0.2) is 18.2 Å². The van der Waals surface area contributed by atoms with Gasteiger partial charge in [0.1, 0.15) is 0 Å². The van der Waals surface area contributed by atoms with Crippen LogP contribution in [0.2, 0.25) is 0 Å². The minimum Gasteiger partial charge on any atom is -0.375 e. The average Bonchev–Trinajstić information content (AvgIpc) is 2.38. The number of hydrogen-bond donors (Lipinski definition) is 0. The minimum atomic E-state index is -0.935. The van der Waals surface area contributed by atoms with Gasteiger partial charge in [-0.15, -0.1) is 0 Å². The summed E-state index contributed by atoms with van der Waals surface area (Å²) in [7, 11) is 3.45. The highest BCUT2D eigenvalue weighted by molar-refractivity contribution is 6.15. The molecule has 7 nitrogen and oxygen atoms in total. The van der Waals surface area contributed by atoms with Gasteiger partial charge in [-0.2, -0.15) is 0 Å². The third kappa shape index (κ3) is 2.64. The Morgan fingerprint density at radius 2 is 1.95 bits per heavy atom. The van der Waals surface area contributed by atoms with Crippen molar-refractivity contribution >= 4 is 21.6 Å². The van der Waals surface area contributed by atoms with Crippen LogP contribution in [0, 0.1) is 20.2 Å². The van der Waals surface area contributed by atoms with Crippen molar-refractivity contribution in [2.24, 2.45) is 0 Å². The Kier molecular flexibility index (Phi) is 3.63. The van der Waals surface area contributed by atoms with Crippen molar-refractivity contribution in [3.05, 3.63) is 44.0 Å². The average molecular weight is 279 g/mol. The van der Waals surface area contributed by atoms with Gasteiger partial charge in [0, 0.05) is 12.7 Å². The number of benzene rings is 1. The summed E-state index contributed by atoms with van der Waals surface area (Å²) < 4.78 is 5.58. The first-order valence-electron chi connectivity index (χ1n) is 5.76. The molecule has 99 valence electrons. The third-order valence-electron chi connectivity index (χ3n) is 3.10. The summed E-state index contributed by atoms with van der Waals surface area (Å²) in [6.07, 6.45) is 2.35. The molecule has 19 heavy (non-hydrogen) atoms. The second-order valence-corrected chi connectivity index (χ2v) is 5.16. The van der Waals surface area contributed by atoms with Gasteiger partial charge < -0.3 is 4.74 Å². The van der Waals surface area contributed by atoms with E-state index in [0.717, 1.165) is 18.9 Å². The first kappa shape index (κ1) is 13.6. The summed E-state index contributed by atoms with van der Waals surface area (Å²) in [5.41, 5.74) is -0.285. The number of ether oxygens (including phenoxy) is 1. The van der Waals surface area contributed by atoms with Gasteiger partial charge in [0.05, 0.1) is 36.9 Å². The molecule has 1 aromatic carbocycles. The maximum absolute atomic E-state index is 11.1. The van der Waals surface area contributed by atoms with Crippen molar-refractivity contribution in [3.8, 4) is 0 Å². The highest BCUT2D eigenvalue weighted by atomic mass is 28.1. The molecule has 0 N–H and O–H groups in total. The van der Waals surface area contributed by atoms with Crippen molar-refractivity contribution in [2.75, 3.05) is 6.61 Å². The number of nitro benzene ring substituents is 2. The maximum atomic E-state index is 11.1. The standard InChI is InChI=1S/C11H11N2O5Si/c14-12(15)8-3-4-9(10(7-8)13(16)17)11(19)5-1-2-6-18-11/h3-4,7H,1-2,5-6H2. The molecule has 1 aliphatic heterocycles. The molecule has 1 fully saturated rings. The minimum absolute atomic E-state index is 0.300. The van der Waals surface area contributed by atoms with Crippen molar-refractivity contribution in [3.63, 3.8) is 0 Å². The molecule has 1 atom stereocenters. The van der Waals surface area contributed by atoms with Crippen LogP contribution >= 0.6 is 0 Å². The predicted molar refractivity (Wildman–Crippen MR) is 67.0 cm³/mol. The van der Waals surface area contributed by atoms with Gasteiger partial charge in [-0.1, -0.05) is 0 Å². The Labute approximate surface area is 112 Å². The molecule has 1 saturated heterocycles. The monoisotopic (exact) mass is 279 g/mol. The molecule has 0 amide bonds. The molecule has 0 saturated carbocycles. The van der Waals surface area contributed by atoms with E-state index in [1.165, 1.54) is 12.1 Å². The summed E-state index contributed by atoms with van der Waals surface area (Å²) in [6.45, 7) is 0.498. The van der Waals surface area contributed by atoms with Gasteiger partial charge in [0.2, 0.25) is 0 Å². The number of rotatable bonds is 3. The number of non-ortho nitro benzene ring substituents is 1. The Hall–Kier alpha value is -1.80. The van der Waals surface area contributed by atoms with E-state index in [9.17, 15) is 20.2 Å². The van der Waals surface area contributed by atoms with Crippen LogP contribution < -0.4 is 0 Å². The second-order valence-electron chi connectivity index (χ2n) is 4.35. The van der Waals surface area contributed by atoms with Crippen molar-refractivity contribution in [1.29, 1.82) is 0 Å². The van der Waals surface area contributed by atoms with Gasteiger partial charge >= 0.3 is 0 Å². The second kappa shape index (κ2) is 5.06. The zero-order valence-electron chi connectivity index (χ0n) is 10.00. The van der Waals surface area contributed by atoms with Crippen LogP contribution in [0.3, 0.4) is 0 Å². The summed E-state index contributed by atoms with van der Waals surface area (Å²) in [6, 6.07) is 3.60. The largest absolute Gasteiger partial charge is 0.375 e. The SMILES string of the molecule is O=[N+]([O-])c1ccc(C2([Si])CCCCO2)c([N+](=O)[O-])c1. The molecule has 1 aliphatic rings. The van der Waals surface area contributed by atoms with Crippen molar-refractivity contribution in [1.82, 2.24) is 0 Å². The Morgan fingerprint density at radius 3 is 2.47 bits per heavy atom. The molecule has 8 heteroatoms. The van der Waals surface area contributed by atoms with E-state index < -0.39 is 15.1 Å². The lowest BCUT2D eigenvalue weighted by molar-refractivity contribution is -0.395. The molecule has 3 radical (unpaired) electrons. The van der Waals surface area contributed by atoms with E-state index in [1.54, 1.807) is 0 Å². The normalized spacial score (nSPS) is 23.0. The molecular weight excluding hydrogens is 268 g/mol. The van der Waals surface area contributed by atoms with Crippen molar-refractivity contribution in [2.45, 2.75) is 24.5 Å². The molecule has 1 aromatic rings. The molecule has 0 aliphatic carbocycles. The van der Waals surface area contributed by atoms with E-state index in [0.29, 0.717) is 18.6 Å². The van der Waals surface area contributed by atoms with Gasteiger partial charge in [-0.3, -0.25) is 20.2 Å². The summed E-state index contributed by atoms with van der Waals surface area (Å²) in [5.74, 6) is 0. The molecule has 0 aromatic heterocycles. The molecule has 1 heterocycles. The van der Waals surface area contributed by atoms with Crippen molar-refractivity contribution < 1.29 is 14.6 Å². The lowest BCUT2D eigenvalue weighted by atomic mass is 9.98. The van der Waals surface area contributed by atoms with Gasteiger partial charge in [-0.25, -0.2) is 0 Å². The molecule has 0 bridgehead atoms. The summed E-state index contributed by atoms with van der Waals surface area (Å²) in [4.78, 5) is 20.5. The van der Waals surface area contributed by atoms with E-state index in [4.69, 9.17) is 4.74 Å². The van der Waals surface area contributed by atoms with Crippen LogP contribution in [0.25, 0.3) is 0 Å². The quantitative estimate of drug-likeness (QED) is 0.479. The fourth-order valence-corrected chi connectivity index (χ4v) is 2.62. The zero-order valence-corrected chi connectivity index (χ0v) is 11.0. The number of nitro groups is 2. The molecule has 1 unspecified atom stereocenters. The first-order valence-corrected chi connectivity index (χ1v) is 6.26. The number of hydrogen-bond acceptors (Lipinski definition) is 5. The number of nitrogens with zero attached hydrogens (tertiary/aromatic N) is 2. The van der Waals surface area contributed by atoms with Crippen LogP contribution in [0.4, 0.5) is 11.4 Å². The van der Waals surface area contributed by atoms with Crippen LogP contribution in [0.5, 0.6) is 0 Å². The summed E-state index contributed by atoms with van der Waals surface area (Å²) in [5, 5.41) is 20.8. The van der Waals surface area contributed by atoms with Crippen LogP contribution in [-0.4, -0.2) is 26.7 Å². The summed E-state index contributed by atoms with van der Waals surface area (Å²) >= 11 is 0. The lowest BCUT2D eigenvalue weighted by Crippen LogP contribution is -2.34. The van der Waals surface area contributed by atoms with Crippen LogP contribution in [-0.2, 0) is 9.96 Å². The fourth-order valence-electron chi connectivity index (χ4n) is 2.13. The highest BCUT2D eigenvalue weighted by Crippen LogP contribution is 2.38. The van der Waals surface area contributed by atoms with Gasteiger partial charge in [0.25, 0.3) is 11.4 Å². The molecular formula is C11H11N2O5Si. The third-order valence-corrected chi connectivity index (χ3v) is 3.76. The molecule has 0 spiro atoms. The molecule has 2 rings (SSSR count). The lowest BCUT2D eigenvalue weighted by Gasteiger charge is -2.33. The van der Waals surface area contributed by atoms with E-state index in [1.807, 2.05) is 0 Å². The van der Waals surface area contributed by atoms with Gasteiger partial charge in [-0.05, 0) is 25.3 Å². The first-order chi connectivity index (χ1) is 8.94.